The second-order valence-electron chi connectivity index (χ2n) is 6.33. The van der Waals surface area contributed by atoms with Gasteiger partial charge in [-0.15, -0.1) is 0 Å². The number of benzene rings is 2. The fourth-order valence-corrected chi connectivity index (χ4v) is 3.63. The summed E-state index contributed by atoms with van der Waals surface area (Å²) in [6, 6.07) is 15.4. The number of hydrogen-bond acceptors (Lipinski definition) is 5. The molecule has 128 valence electrons. The molecule has 2 aromatic carbocycles. The molecule has 0 amide bonds. The minimum atomic E-state index is -1.30. The van der Waals surface area contributed by atoms with Crippen molar-refractivity contribution in [2.24, 2.45) is 0 Å². The van der Waals surface area contributed by atoms with E-state index >= 15 is 0 Å². The van der Waals surface area contributed by atoms with Gasteiger partial charge >= 0.3 is 5.97 Å². The molecule has 2 heterocycles. The van der Waals surface area contributed by atoms with Crippen molar-refractivity contribution in [2.45, 2.75) is 17.7 Å². The Kier molecular flexibility index (Phi) is 3.55. The van der Waals surface area contributed by atoms with Crippen molar-refractivity contribution in [1.29, 1.82) is 0 Å². The molecule has 2 aliphatic heterocycles. The number of carboxylic acids is 1. The molecule has 0 saturated carbocycles. The van der Waals surface area contributed by atoms with Crippen molar-refractivity contribution >= 4 is 11.7 Å². The molecule has 2 aliphatic rings. The molecule has 7 heteroatoms. The van der Waals surface area contributed by atoms with Gasteiger partial charge in [0.15, 0.2) is 5.54 Å². The monoisotopic (exact) mass is 340 g/mol. The van der Waals surface area contributed by atoms with Crippen LogP contribution in [0, 0.1) is 10.1 Å². The van der Waals surface area contributed by atoms with Crippen molar-refractivity contribution in [3.8, 4) is 0 Å². The van der Waals surface area contributed by atoms with E-state index in [2.05, 4.69) is 0 Å². The molecule has 1 N–H and O–H groups in total. The molecular formula is C18H16N2O5. The molecule has 0 aliphatic carbocycles. The molecule has 0 radical (unpaired) electrons. The van der Waals surface area contributed by atoms with E-state index < -0.39 is 16.4 Å². The maximum atomic E-state index is 12.1. The maximum Gasteiger partial charge on any atom is 0.331 e. The lowest BCUT2D eigenvalue weighted by Gasteiger charge is -2.38. The number of nitrogens with zero attached hydrogens (tertiary/aromatic N) is 2. The zero-order valence-electron chi connectivity index (χ0n) is 13.2. The lowest BCUT2D eigenvalue weighted by atomic mass is 9.88. The Hall–Kier alpha value is -2.77. The summed E-state index contributed by atoms with van der Waals surface area (Å²) in [6.45, 7) is 0.610. The summed E-state index contributed by atoms with van der Waals surface area (Å²) in [5.41, 5.74) is 0.160. The van der Waals surface area contributed by atoms with Gasteiger partial charge in [-0.05, 0) is 23.3 Å². The van der Waals surface area contributed by atoms with Crippen molar-refractivity contribution in [2.75, 3.05) is 13.2 Å². The number of rotatable bonds is 4. The summed E-state index contributed by atoms with van der Waals surface area (Å²) < 4.78 is 5.97. The second-order valence-corrected chi connectivity index (χ2v) is 6.33. The minimum absolute atomic E-state index is 0.00376. The quantitative estimate of drug-likeness (QED) is 0.522. The fourth-order valence-electron chi connectivity index (χ4n) is 3.63. The minimum Gasteiger partial charge on any atom is -0.480 e. The Morgan fingerprint density at radius 1 is 1.20 bits per heavy atom. The summed E-state index contributed by atoms with van der Waals surface area (Å²) in [5, 5.41) is 20.7. The summed E-state index contributed by atoms with van der Waals surface area (Å²) in [7, 11) is 0. The van der Waals surface area contributed by atoms with Crippen LogP contribution in [0.4, 0.5) is 5.69 Å². The van der Waals surface area contributed by atoms with E-state index in [4.69, 9.17) is 4.74 Å². The van der Waals surface area contributed by atoms with Gasteiger partial charge in [-0.25, -0.2) is 4.79 Å². The number of non-ortho nitro benzene ring substituents is 1. The maximum absolute atomic E-state index is 12.1. The largest absolute Gasteiger partial charge is 0.480 e. The number of aliphatic carboxylic acids is 1. The number of morpholine rings is 1. The average molecular weight is 340 g/mol. The molecule has 1 unspecified atom stereocenters. The van der Waals surface area contributed by atoms with Gasteiger partial charge in [0.2, 0.25) is 0 Å². The Bertz CT molecular complexity index is 823. The number of nitro benzene ring substituents is 1. The third kappa shape index (κ3) is 2.40. The predicted octanol–water partition coefficient (Wildman–Crippen LogP) is 2.33. The van der Waals surface area contributed by atoms with Crippen LogP contribution in [-0.2, 0) is 15.1 Å². The van der Waals surface area contributed by atoms with Crippen molar-refractivity contribution < 1.29 is 19.6 Å². The van der Waals surface area contributed by atoms with Crippen LogP contribution in [-0.4, -0.2) is 40.1 Å². The number of nitro groups is 1. The first-order chi connectivity index (χ1) is 12.0. The number of hydrogen-bond donors (Lipinski definition) is 1. The SMILES string of the molecule is O=C(O)[C@]1(c2ccc([N+](=O)[O-])cc2)CO[C@@H](c2ccccc2)[C@H]2CN21. The lowest BCUT2D eigenvalue weighted by Crippen LogP contribution is -2.51. The zero-order valence-corrected chi connectivity index (χ0v) is 13.2. The highest BCUT2D eigenvalue weighted by Crippen LogP contribution is 2.49. The number of fused-ring (bicyclic) bond motifs is 1. The average Bonchev–Trinajstić information content (AvgIpc) is 3.42. The van der Waals surface area contributed by atoms with Crippen LogP contribution in [0.5, 0.6) is 0 Å². The Morgan fingerprint density at radius 2 is 1.88 bits per heavy atom. The molecular weight excluding hydrogens is 324 g/mol. The van der Waals surface area contributed by atoms with E-state index in [0.717, 1.165) is 5.56 Å². The molecule has 25 heavy (non-hydrogen) atoms. The Labute approximate surface area is 143 Å². The fraction of sp³-hybridized carbons (Fsp3) is 0.278. The molecule has 4 atom stereocenters. The summed E-state index contributed by atoms with van der Waals surface area (Å²) >= 11 is 0. The van der Waals surface area contributed by atoms with Crippen LogP contribution in [0.3, 0.4) is 0 Å². The van der Waals surface area contributed by atoms with Gasteiger partial charge in [0, 0.05) is 18.7 Å². The topological polar surface area (TPSA) is 92.7 Å². The zero-order chi connectivity index (χ0) is 17.6. The van der Waals surface area contributed by atoms with Gasteiger partial charge < -0.3 is 9.84 Å². The summed E-state index contributed by atoms with van der Waals surface area (Å²) in [6.07, 6.45) is -0.160. The van der Waals surface area contributed by atoms with Crippen LogP contribution in [0.1, 0.15) is 17.2 Å². The van der Waals surface area contributed by atoms with E-state index in [0.29, 0.717) is 12.1 Å². The molecule has 0 spiro atoms. The summed E-state index contributed by atoms with van der Waals surface area (Å²) in [5.74, 6) is -1.00. The molecule has 4 rings (SSSR count). The smallest absolute Gasteiger partial charge is 0.331 e. The van der Waals surface area contributed by atoms with Gasteiger partial charge in [0.05, 0.1) is 23.7 Å². The van der Waals surface area contributed by atoms with Gasteiger partial charge in [-0.3, -0.25) is 15.0 Å². The van der Waals surface area contributed by atoms with Crippen LogP contribution in [0.25, 0.3) is 0 Å². The van der Waals surface area contributed by atoms with E-state index in [1.54, 1.807) is 0 Å². The van der Waals surface area contributed by atoms with Crippen LogP contribution >= 0.6 is 0 Å². The second kappa shape index (κ2) is 5.65. The standard InChI is InChI=1S/C18H16N2O5/c21-17(22)18(13-6-8-14(9-7-13)20(23)24)11-25-16(15-10-19(15)18)12-4-2-1-3-5-12/h1-9,15-16H,10-11H2,(H,21,22)/t15-,16+,18-,19?/m1/s1. The molecule has 0 aromatic heterocycles. The van der Waals surface area contributed by atoms with Gasteiger partial charge in [-0.2, -0.15) is 0 Å². The molecule has 0 bridgehead atoms. The van der Waals surface area contributed by atoms with E-state index in [1.165, 1.54) is 24.3 Å². The third-order valence-electron chi connectivity index (χ3n) is 5.00. The summed E-state index contributed by atoms with van der Waals surface area (Å²) in [4.78, 5) is 24.3. The van der Waals surface area contributed by atoms with Crippen LogP contribution in [0.15, 0.2) is 54.6 Å². The van der Waals surface area contributed by atoms with Crippen LogP contribution in [0.2, 0.25) is 0 Å². The van der Waals surface area contributed by atoms with E-state index in [9.17, 15) is 20.0 Å². The highest BCUT2D eigenvalue weighted by atomic mass is 16.6. The predicted molar refractivity (Wildman–Crippen MR) is 88.0 cm³/mol. The lowest BCUT2D eigenvalue weighted by molar-refractivity contribution is -0.384. The first-order valence-corrected chi connectivity index (χ1v) is 7.95. The first-order valence-electron chi connectivity index (χ1n) is 7.95. The first kappa shape index (κ1) is 15.7. The van der Waals surface area contributed by atoms with Crippen molar-refractivity contribution in [1.82, 2.24) is 4.90 Å². The highest BCUT2D eigenvalue weighted by molar-refractivity contribution is 5.82. The van der Waals surface area contributed by atoms with Gasteiger partial charge in [-0.1, -0.05) is 30.3 Å². The Balaban J connectivity index is 1.66. The van der Waals surface area contributed by atoms with Gasteiger partial charge in [0.25, 0.3) is 5.69 Å². The molecule has 2 aromatic rings. The van der Waals surface area contributed by atoms with Gasteiger partial charge in [0.1, 0.15) is 0 Å². The number of carbonyl (C=O) groups is 1. The van der Waals surface area contributed by atoms with Crippen LogP contribution < -0.4 is 0 Å². The van der Waals surface area contributed by atoms with E-state index in [1.807, 2.05) is 35.2 Å². The number of carboxylic acid groups (broad SMARTS) is 1. The normalized spacial score (nSPS) is 30.3. The van der Waals surface area contributed by atoms with Crippen molar-refractivity contribution in [3.63, 3.8) is 0 Å². The third-order valence-corrected chi connectivity index (χ3v) is 5.00. The van der Waals surface area contributed by atoms with Crippen molar-refractivity contribution in [3.05, 3.63) is 75.8 Å². The molecule has 2 saturated heterocycles. The molecule has 7 nitrogen and oxygen atoms in total. The van der Waals surface area contributed by atoms with E-state index in [-0.39, 0.29) is 24.4 Å². The highest BCUT2D eigenvalue weighted by Gasteiger charge is 2.62. The number of ether oxygens (including phenoxy) is 1. The molecule has 2 fully saturated rings. The Morgan fingerprint density at radius 3 is 2.48 bits per heavy atom.